The van der Waals surface area contributed by atoms with Crippen LogP contribution >= 0.6 is 0 Å². The monoisotopic (exact) mass is 294 g/mol. The standard InChI is InChI=1S/C16H18N6/c1-12-2-4-13(5-3-12)22-16-14(10-20-22)15(18-11-19-16)21-8-6-17-7-9-21/h2-5,10-11,17H,6-9H2,1H3. The van der Waals surface area contributed by atoms with E-state index in [-0.39, 0.29) is 0 Å². The van der Waals surface area contributed by atoms with Crippen LogP contribution in [0.25, 0.3) is 16.7 Å². The van der Waals surface area contributed by atoms with Crippen LogP contribution in [0.2, 0.25) is 0 Å². The number of hydrogen-bond donors (Lipinski definition) is 1. The van der Waals surface area contributed by atoms with Crippen LogP contribution in [0.4, 0.5) is 5.82 Å². The van der Waals surface area contributed by atoms with Gasteiger partial charge in [-0.15, -0.1) is 0 Å². The fraction of sp³-hybridized carbons (Fsp3) is 0.312. The molecule has 0 spiro atoms. The van der Waals surface area contributed by atoms with Crippen molar-refractivity contribution in [2.75, 3.05) is 31.1 Å². The van der Waals surface area contributed by atoms with Crippen molar-refractivity contribution in [3.05, 3.63) is 42.4 Å². The molecule has 0 aliphatic carbocycles. The topological polar surface area (TPSA) is 58.9 Å². The third-order valence-electron chi connectivity index (χ3n) is 4.04. The Hall–Kier alpha value is -2.47. The van der Waals surface area contributed by atoms with Gasteiger partial charge in [-0.25, -0.2) is 14.6 Å². The van der Waals surface area contributed by atoms with E-state index < -0.39 is 0 Å². The van der Waals surface area contributed by atoms with Crippen LogP contribution in [-0.2, 0) is 0 Å². The van der Waals surface area contributed by atoms with Crippen LogP contribution in [0, 0.1) is 6.92 Å². The summed E-state index contributed by atoms with van der Waals surface area (Å²) in [5.41, 5.74) is 3.11. The van der Waals surface area contributed by atoms with E-state index in [9.17, 15) is 0 Å². The van der Waals surface area contributed by atoms with Gasteiger partial charge < -0.3 is 10.2 Å². The highest BCUT2D eigenvalue weighted by Gasteiger charge is 2.17. The Bertz CT molecular complexity index is 786. The molecular weight excluding hydrogens is 276 g/mol. The minimum absolute atomic E-state index is 0.854. The molecule has 0 saturated carbocycles. The Labute approximate surface area is 128 Å². The lowest BCUT2D eigenvalue weighted by atomic mass is 10.2. The highest BCUT2D eigenvalue weighted by molar-refractivity contribution is 5.87. The van der Waals surface area contributed by atoms with E-state index in [0.29, 0.717) is 0 Å². The fourth-order valence-electron chi connectivity index (χ4n) is 2.84. The minimum Gasteiger partial charge on any atom is -0.353 e. The Balaban J connectivity index is 1.80. The zero-order valence-electron chi connectivity index (χ0n) is 12.5. The Morgan fingerprint density at radius 3 is 2.59 bits per heavy atom. The molecule has 4 rings (SSSR count). The first kappa shape index (κ1) is 13.2. The number of hydrogen-bond acceptors (Lipinski definition) is 5. The number of nitrogens with zero attached hydrogens (tertiary/aromatic N) is 5. The molecule has 3 aromatic rings. The molecule has 6 heteroatoms. The summed E-state index contributed by atoms with van der Waals surface area (Å²) in [6.07, 6.45) is 3.50. The third-order valence-corrected chi connectivity index (χ3v) is 4.04. The smallest absolute Gasteiger partial charge is 0.168 e. The number of piperazine rings is 1. The molecular formula is C16H18N6. The molecule has 6 nitrogen and oxygen atoms in total. The summed E-state index contributed by atoms with van der Waals surface area (Å²) in [6.45, 7) is 5.97. The van der Waals surface area contributed by atoms with E-state index in [1.54, 1.807) is 6.33 Å². The maximum Gasteiger partial charge on any atom is 0.168 e. The molecule has 2 aromatic heterocycles. The van der Waals surface area contributed by atoms with E-state index >= 15 is 0 Å². The van der Waals surface area contributed by atoms with Gasteiger partial charge in [-0.2, -0.15) is 5.10 Å². The number of rotatable bonds is 2. The molecule has 1 aromatic carbocycles. The molecule has 0 bridgehead atoms. The van der Waals surface area contributed by atoms with E-state index in [4.69, 9.17) is 0 Å². The first-order valence-electron chi connectivity index (χ1n) is 7.54. The molecule has 22 heavy (non-hydrogen) atoms. The van der Waals surface area contributed by atoms with Crippen molar-refractivity contribution in [2.45, 2.75) is 6.92 Å². The maximum absolute atomic E-state index is 4.52. The van der Waals surface area contributed by atoms with Gasteiger partial charge in [-0.05, 0) is 19.1 Å². The molecule has 0 atom stereocenters. The predicted octanol–water partition coefficient (Wildman–Crippen LogP) is 1.53. The minimum atomic E-state index is 0.854. The molecule has 1 aliphatic rings. The average molecular weight is 294 g/mol. The Kier molecular flexibility index (Phi) is 3.23. The summed E-state index contributed by atoms with van der Waals surface area (Å²) in [6, 6.07) is 8.30. The molecule has 0 unspecified atom stereocenters. The summed E-state index contributed by atoms with van der Waals surface area (Å²) in [5, 5.41) is 8.89. The molecule has 0 radical (unpaired) electrons. The molecule has 0 amide bonds. The van der Waals surface area contributed by atoms with E-state index in [1.807, 2.05) is 10.9 Å². The van der Waals surface area contributed by atoms with Crippen molar-refractivity contribution < 1.29 is 0 Å². The SMILES string of the molecule is Cc1ccc(-n2ncc3c(N4CCNCC4)ncnc32)cc1. The lowest BCUT2D eigenvalue weighted by molar-refractivity contribution is 0.586. The van der Waals surface area contributed by atoms with Crippen LogP contribution < -0.4 is 10.2 Å². The summed E-state index contributed by atoms with van der Waals surface area (Å²) in [4.78, 5) is 11.2. The Morgan fingerprint density at radius 1 is 1.05 bits per heavy atom. The van der Waals surface area contributed by atoms with Crippen LogP contribution in [0.15, 0.2) is 36.8 Å². The van der Waals surface area contributed by atoms with Crippen LogP contribution in [0.3, 0.4) is 0 Å². The summed E-state index contributed by atoms with van der Waals surface area (Å²) >= 11 is 0. The maximum atomic E-state index is 4.52. The highest BCUT2D eigenvalue weighted by Crippen LogP contribution is 2.24. The molecule has 1 fully saturated rings. The molecule has 1 saturated heterocycles. The highest BCUT2D eigenvalue weighted by atomic mass is 15.3. The fourth-order valence-corrected chi connectivity index (χ4v) is 2.84. The number of aromatic nitrogens is 4. The molecule has 112 valence electrons. The van der Waals surface area contributed by atoms with E-state index in [0.717, 1.165) is 48.7 Å². The van der Waals surface area contributed by atoms with Gasteiger partial charge in [0.15, 0.2) is 5.65 Å². The number of aryl methyl sites for hydroxylation is 1. The average Bonchev–Trinajstić information content (AvgIpc) is 3.00. The molecule has 1 N–H and O–H groups in total. The van der Waals surface area contributed by atoms with E-state index in [2.05, 4.69) is 56.5 Å². The van der Waals surface area contributed by atoms with Gasteiger partial charge in [0, 0.05) is 26.2 Å². The zero-order chi connectivity index (χ0) is 14.9. The number of fused-ring (bicyclic) bond motifs is 1. The number of anilines is 1. The lowest BCUT2D eigenvalue weighted by Crippen LogP contribution is -2.44. The van der Waals surface area contributed by atoms with Crippen LogP contribution in [0.1, 0.15) is 5.56 Å². The van der Waals surface area contributed by atoms with Crippen molar-refractivity contribution in [3.8, 4) is 5.69 Å². The molecule has 1 aliphatic heterocycles. The second kappa shape index (κ2) is 5.38. The van der Waals surface area contributed by atoms with E-state index in [1.165, 1.54) is 5.56 Å². The second-order valence-electron chi connectivity index (χ2n) is 5.56. The lowest BCUT2D eigenvalue weighted by Gasteiger charge is -2.28. The van der Waals surface area contributed by atoms with Gasteiger partial charge in [-0.1, -0.05) is 17.7 Å². The first-order valence-corrected chi connectivity index (χ1v) is 7.54. The zero-order valence-corrected chi connectivity index (χ0v) is 12.5. The molecule has 3 heterocycles. The van der Waals surface area contributed by atoms with Gasteiger partial charge >= 0.3 is 0 Å². The second-order valence-corrected chi connectivity index (χ2v) is 5.56. The van der Waals surface area contributed by atoms with Crippen molar-refractivity contribution in [3.63, 3.8) is 0 Å². The van der Waals surface area contributed by atoms with Crippen molar-refractivity contribution >= 4 is 16.9 Å². The van der Waals surface area contributed by atoms with Crippen LogP contribution in [-0.4, -0.2) is 45.9 Å². The van der Waals surface area contributed by atoms with Gasteiger partial charge in [0.2, 0.25) is 0 Å². The summed E-state index contributed by atoms with van der Waals surface area (Å²) in [5.74, 6) is 0.977. The largest absolute Gasteiger partial charge is 0.353 e. The van der Waals surface area contributed by atoms with Gasteiger partial charge in [-0.3, -0.25) is 0 Å². The quantitative estimate of drug-likeness (QED) is 0.777. The Morgan fingerprint density at radius 2 is 1.82 bits per heavy atom. The summed E-state index contributed by atoms with van der Waals surface area (Å²) in [7, 11) is 0. The van der Waals surface area contributed by atoms with Gasteiger partial charge in [0.05, 0.1) is 17.3 Å². The normalized spacial score (nSPS) is 15.4. The third kappa shape index (κ3) is 2.21. The first-order chi connectivity index (χ1) is 10.8. The number of benzene rings is 1. The van der Waals surface area contributed by atoms with Crippen LogP contribution in [0.5, 0.6) is 0 Å². The van der Waals surface area contributed by atoms with Crippen molar-refractivity contribution in [1.82, 2.24) is 25.1 Å². The van der Waals surface area contributed by atoms with Gasteiger partial charge in [0.25, 0.3) is 0 Å². The predicted molar refractivity (Wildman–Crippen MR) is 86.5 cm³/mol. The number of nitrogens with one attached hydrogen (secondary N) is 1. The van der Waals surface area contributed by atoms with Gasteiger partial charge in [0.1, 0.15) is 12.1 Å². The van der Waals surface area contributed by atoms with Crippen molar-refractivity contribution in [1.29, 1.82) is 0 Å². The summed E-state index contributed by atoms with van der Waals surface area (Å²) < 4.78 is 1.88. The van der Waals surface area contributed by atoms with Crippen molar-refractivity contribution in [2.24, 2.45) is 0 Å².